The number of likely N-dealkylation sites (tertiary alicyclic amines) is 1. The molecule has 1 aromatic heterocycles. The van der Waals surface area contributed by atoms with Gasteiger partial charge in [0.05, 0.1) is 5.60 Å². The molecule has 0 spiro atoms. The van der Waals surface area contributed by atoms with Gasteiger partial charge in [0.25, 0.3) is 0 Å². The van der Waals surface area contributed by atoms with E-state index in [2.05, 4.69) is 58.4 Å². The molecule has 35 heavy (non-hydrogen) atoms. The maximum Gasteiger partial charge on any atom is 0.422 e. The van der Waals surface area contributed by atoms with Crippen LogP contribution in [-0.4, -0.2) is 47.4 Å². The second-order valence-electron chi connectivity index (χ2n) is 10.1. The van der Waals surface area contributed by atoms with Crippen LogP contribution < -0.4 is 4.74 Å². The van der Waals surface area contributed by atoms with E-state index < -0.39 is 18.4 Å². The lowest BCUT2D eigenvalue weighted by Gasteiger charge is -2.43. The number of rotatable bonds is 5. The van der Waals surface area contributed by atoms with E-state index in [4.69, 9.17) is 4.74 Å². The third-order valence-electron chi connectivity index (χ3n) is 8.08. The number of hydrogen-bond donors (Lipinski definition) is 1. The van der Waals surface area contributed by atoms with E-state index in [-0.39, 0.29) is 11.3 Å². The Morgan fingerprint density at radius 3 is 2.14 bits per heavy atom. The molecule has 2 aromatic carbocycles. The molecule has 182 valence electrons. The molecule has 1 aliphatic heterocycles. The fourth-order valence-electron chi connectivity index (χ4n) is 6.55. The quantitative estimate of drug-likeness (QED) is 0.549. The number of aliphatic hydroxyl groups is 1. The van der Waals surface area contributed by atoms with Crippen LogP contribution >= 0.6 is 0 Å². The second-order valence-corrected chi connectivity index (χ2v) is 10.1. The lowest BCUT2D eigenvalue weighted by molar-refractivity contribution is -0.154. The molecule has 2 aliphatic carbocycles. The number of hydrogen-bond acceptors (Lipinski definition) is 4. The molecule has 1 saturated heterocycles. The van der Waals surface area contributed by atoms with E-state index in [1.807, 2.05) is 0 Å². The van der Waals surface area contributed by atoms with Crippen LogP contribution in [0.5, 0.6) is 5.88 Å². The van der Waals surface area contributed by atoms with Crippen LogP contribution in [0, 0.1) is 0 Å². The van der Waals surface area contributed by atoms with Crippen molar-refractivity contribution in [3.63, 3.8) is 0 Å². The number of ether oxygens (including phenoxy) is 1. The first-order valence-corrected chi connectivity index (χ1v) is 12.1. The molecular weight excluding hydrogens is 453 g/mol. The highest BCUT2D eigenvalue weighted by Crippen LogP contribution is 2.60. The summed E-state index contributed by atoms with van der Waals surface area (Å²) in [4.78, 5) is 6.38. The minimum absolute atomic E-state index is 0.0669. The van der Waals surface area contributed by atoms with E-state index in [1.165, 1.54) is 28.5 Å². The molecule has 7 heteroatoms. The summed E-state index contributed by atoms with van der Waals surface area (Å²) in [6, 6.07) is 20.7. The molecule has 6 rings (SSSR count). The van der Waals surface area contributed by atoms with Gasteiger partial charge in [0, 0.05) is 42.7 Å². The van der Waals surface area contributed by atoms with Crippen LogP contribution in [0.1, 0.15) is 53.0 Å². The number of benzene rings is 2. The van der Waals surface area contributed by atoms with E-state index in [9.17, 15) is 18.3 Å². The molecule has 0 radical (unpaired) electrons. The lowest BCUT2D eigenvalue weighted by Crippen LogP contribution is -2.48. The molecule has 4 nitrogen and oxygen atoms in total. The third-order valence-corrected chi connectivity index (χ3v) is 8.08. The number of alkyl halides is 3. The van der Waals surface area contributed by atoms with Gasteiger partial charge in [-0.2, -0.15) is 13.2 Å². The Labute approximate surface area is 202 Å². The van der Waals surface area contributed by atoms with Crippen LogP contribution in [0.15, 0.2) is 66.9 Å². The van der Waals surface area contributed by atoms with Crippen molar-refractivity contribution in [1.29, 1.82) is 0 Å². The fourth-order valence-corrected chi connectivity index (χ4v) is 6.55. The number of fused-ring (bicyclic) bond motifs is 8. The lowest BCUT2D eigenvalue weighted by atomic mass is 9.74. The van der Waals surface area contributed by atoms with Crippen LogP contribution in [0.25, 0.3) is 0 Å². The number of pyridine rings is 1. The number of piperidine rings is 1. The Kier molecular flexibility index (Phi) is 5.20. The SMILES string of the molecule is OC1(c2cccnc2OCC(F)(F)F)CCN(CC23CC(c4ccccc42)c2ccccc23)CC1. The predicted octanol–water partition coefficient (Wildman–Crippen LogP) is 5.14. The van der Waals surface area contributed by atoms with E-state index in [1.54, 1.807) is 12.1 Å². The van der Waals surface area contributed by atoms with Crippen molar-refractivity contribution in [2.24, 2.45) is 0 Å². The smallest absolute Gasteiger partial charge is 0.422 e. The summed E-state index contributed by atoms with van der Waals surface area (Å²) in [5, 5.41) is 11.4. The van der Waals surface area contributed by atoms with Gasteiger partial charge >= 0.3 is 6.18 Å². The topological polar surface area (TPSA) is 45.6 Å². The average molecular weight is 481 g/mol. The summed E-state index contributed by atoms with van der Waals surface area (Å²) in [6.07, 6.45) is -1.20. The fraction of sp³-hybridized carbons (Fsp3) is 0.393. The van der Waals surface area contributed by atoms with Gasteiger partial charge in [0.2, 0.25) is 5.88 Å². The number of halogens is 3. The Hall–Kier alpha value is -2.90. The minimum atomic E-state index is -4.47. The van der Waals surface area contributed by atoms with E-state index in [0.29, 0.717) is 37.4 Å². The molecule has 1 N–H and O–H groups in total. The van der Waals surface area contributed by atoms with Crippen LogP contribution in [0.2, 0.25) is 0 Å². The highest BCUT2D eigenvalue weighted by molar-refractivity contribution is 5.63. The normalized spacial score (nSPS) is 24.7. The molecular formula is C28H27F3N2O2. The molecule has 0 atom stereocenters. The van der Waals surface area contributed by atoms with Crippen LogP contribution in [-0.2, 0) is 11.0 Å². The number of aromatic nitrogens is 1. The van der Waals surface area contributed by atoms with Crippen molar-refractivity contribution in [3.8, 4) is 5.88 Å². The van der Waals surface area contributed by atoms with Crippen molar-refractivity contribution in [2.45, 2.75) is 42.4 Å². The first-order chi connectivity index (χ1) is 16.8. The minimum Gasteiger partial charge on any atom is -0.468 e. The molecule has 3 aromatic rings. The van der Waals surface area contributed by atoms with Crippen LogP contribution in [0.4, 0.5) is 13.2 Å². The van der Waals surface area contributed by atoms with Gasteiger partial charge in [-0.1, -0.05) is 48.5 Å². The zero-order valence-corrected chi connectivity index (χ0v) is 19.3. The third kappa shape index (κ3) is 3.72. The summed E-state index contributed by atoms with van der Waals surface area (Å²) in [6.45, 7) is 0.710. The summed E-state index contributed by atoms with van der Waals surface area (Å²) in [5.74, 6) is 0.282. The predicted molar refractivity (Wildman–Crippen MR) is 125 cm³/mol. The molecule has 3 aliphatic rings. The maximum absolute atomic E-state index is 12.7. The second kappa shape index (κ2) is 8.07. The largest absolute Gasteiger partial charge is 0.468 e. The van der Waals surface area contributed by atoms with Gasteiger partial charge in [-0.25, -0.2) is 4.98 Å². The molecule has 0 amide bonds. The van der Waals surface area contributed by atoms with Crippen molar-refractivity contribution in [1.82, 2.24) is 9.88 Å². The van der Waals surface area contributed by atoms with Gasteiger partial charge in [-0.3, -0.25) is 0 Å². The van der Waals surface area contributed by atoms with E-state index in [0.717, 1.165) is 13.0 Å². The van der Waals surface area contributed by atoms with Crippen molar-refractivity contribution in [2.75, 3.05) is 26.2 Å². The van der Waals surface area contributed by atoms with Gasteiger partial charge < -0.3 is 14.7 Å². The Bertz CT molecular complexity index is 1200. The van der Waals surface area contributed by atoms with Crippen molar-refractivity contribution in [3.05, 3.63) is 94.7 Å². The van der Waals surface area contributed by atoms with Crippen LogP contribution in [0.3, 0.4) is 0 Å². The summed E-state index contributed by atoms with van der Waals surface area (Å²) in [5.41, 5.74) is 4.64. The van der Waals surface area contributed by atoms with Gasteiger partial charge in [-0.05, 0) is 53.6 Å². The van der Waals surface area contributed by atoms with Crippen molar-refractivity contribution < 1.29 is 23.0 Å². The highest BCUT2D eigenvalue weighted by Gasteiger charge is 2.53. The Morgan fingerprint density at radius 2 is 1.51 bits per heavy atom. The molecule has 2 heterocycles. The summed E-state index contributed by atoms with van der Waals surface area (Å²) < 4.78 is 43.1. The Balaban J connectivity index is 1.23. The molecule has 0 saturated carbocycles. The molecule has 1 fully saturated rings. The average Bonchev–Trinajstić information content (AvgIpc) is 3.36. The van der Waals surface area contributed by atoms with Crippen molar-refractivity contribution >= 4 is 0 Å². The van der Waals surface area contributed by atoms with Gasteiger partial charge in [0.1, 0.15) is 0 Å². The monoisotopic (exact) mass is 480 g/mol. The van der Waals surface area contributed by atoms with Gasteiger partial charge in [0.15, 0.2) is 6.61 Å². The molecule has 2 bridgehead atoms. The zero-order valence-electron chi connectivity index (χ0n) is 19.3. The zero-order chi connectivity index (χ0) is 24.3. The highest BCUT2D eigenvalue weighted by atomic mass is 19.4. The summed E-state index contributed by atoms with van der Waals surface area (Å²) >= 11 is 0. The first kappa shape index (κ1) is 22.6. The standard InChI is InChI=1S/C28H27F3N2O2/c29-28(30,31)18-35-25-24(10-5-13-32-25)27(34)11-14-33(15-12-27)17-26-16-21(19-6-1-3-8-22(19)26)20-7-2-4-9-23(20)26/h1-10,13,21,34H,11-12,14-18H2. The molecule has 0 unspecified atom stereocenters. The maximum atomic E-state index is 12.7. The number of nitrogens with zero attached hydrogens (tertiary/aromatic N) is 2. The van der Waals surface area contributed by atoms with E-state index >= 15 is 0 Å². The Morgan fingerprint density at radius 1 is 0.914 bits per heavy atom. The first-order valence-electron chi connectivity index (χ1n) is 12.1. The summed E-state index contributed by atoms with van der Waals surface area (Å²) in [7, 11) is 0. The van der Waals surface area contributed by atoms with Gasteiger partial charge in [-0.15, -0.1) is 0 Å².